The number of hydrogen-bond donors (Lipinski definition) is 1. The van der Waals surface area contributed by atoms with E-state index in [2.05, 4.69) is 5.32 Å². The fourth-order valence-corrected chi connectivity index (χ4v) is 3.59. The molecule has 1 N–H and O–H groups in total. The first-order valence-electron chi connectivity index (χ1n) is 8.73. The molecule has 0 radical (unpaired) electrons. The van der Waals surface area contributed by atoms with E-state index >= 15 is 0 Å². The van der Waals surface area contributed by atoms with Crippen molar-refractivity contribution in [1.82, 2.24) is 10.2 Å². The number of likely N-dealkylation sites (N-methyl/N-ethyl adjacent to an activating group) is 1. The third-order valence-electron chi connectivity index (χ3n) is 4.62. The molecule has 0 aliphatic carbocycles. The Morgan fingerprint density at radius 1 is 1.24 bits per heavy atom. The van der Waals surface area contributed by atoms with Crippen LogP contribution in [0.5, 0.6) is 0 Å². The van der Waals surface area contributed by atoms with Gasteiger partial charge in [-0.2, -0.15) is 0 Å². The van der Waals surface area contributed by atoms with Gasteiger partial charge in [0.1, 0.15) is 5.82 Å². The van der Waals surface area contributed by atoms with E-state index in [1.54, 1.807) is 50.2 Å². The van der Waals surface area contributed by atoms with Crippen LogP contribution in [0.15, 0.2) is 59.8 Å². The Morgan fingerprint density at radius 3 is 2.48 bits per heavy atom. The molecule has 7 nitrogen and oxygen atoms in total. The number of nitro benzene ring substituents is 1. The molecule has 0 bridgehead atoms. The van der Waals surface area contributed by atoms with Gasteiger partial charge in [0.05, 0.1) is 16.5 Å². The summed E-state index contributed by atoms with van der Waals surface area (Å²) in [6.45, 7) is 1.75. The number of allylic oxidation sites excluding steroid dienone is 1. The van der Waals surface area contributed by atoms with Crippen LogP contribution in [0.25, 0.3) is 0 Å². The Bertz CT molecular complexity index is 1020. The van der Waals surface area contributed by atoms with Crippen LogP contribution in [0.3, 0.4) is 0 Å². The molecule has 0 aromatic heterocycles. The number of nitro groups is 1. The molecule has 0 saturated heterocycles. The number of anilines is 1. The van der Waals surface area contributed by atoms with E-state index in [4.69, 9.17) is 12.2 Å². The molecule has 1 atom stereocenters. The molecule has 1 aliphatic heterocycles. The molecule has 9 heteroatoms. The number of halogens is 1. The molecule has 3 rings (SSSR count). The normalized spacial score (nSPS) is 16.5. The fourth-order valence-electron chi connectivity index (χ4n) is 3.23. The first-order valence-corrected chi connectivity index (χ1v) is 9.14. The number of nitrogens with one attached hydrogen (secondary N) is 1. The van der Waals surface area contributed by atoms with Crippen molar-refractivity contribution in [1.29, 1.82) is 0 Å². The van der Waals surface area contributed by atoms with Crippen molar-refractivity contribution in [2.45, 2.75) is 13.0 Å². The van der Waals surface area contributed by atoms with Crippen molar-refractivity contribution in [3.8, 4) is 0 Å². The third kappa shape index (κ3) is 3.95. The van der Waals surface area contributed by atoms with Crippen molar-refractivity contribution in [2.24, 2.45) is 0 Å². The van der Waals surface area contributed by atoms with Crippen LogP contribution >= 0.6 is 12.2 Å². The van der Waals surface area contributed by atoms with Crippen LogP contribution in [0.2, 0.25) is 0 Å². The Hall–Kier alpha value is -3.33. The van der Waals surface area contributed by atoms with E-state index in [0.29, 0.717) is 27.6 Å². The smallest absolute Gasteiger partial charge is 0.269 e. The van der Waals surface area contributed by atoms with Gasteiger partial charge in [0.25, 0.3) is 11.6 Å². The zero-order valence-electron chi connectivity index (χ0n) is 16.0. The van der Waals surface area contributed by atoms with Gasteiger partial charge in [0.2, 0.25) is 0 Å². The largest absolute Gasteiger partial charge is 0.351 e. The van der Waals surface area contributed by atoms with Crippen molar-refractivity contribution in [2.75, 3.05) is 19.0 Å². The van der Waals surface area contributed by atoms with Gasteiger partial charge < -0.3 is 10.2 Å². The highest BCUT2D eigenvalue weighted by atomic mass is 32.1. The summed E-state index contributed by atoms with van der Waals surface area (Å²) in [6.07, 6.45) is 0. The summed E-state index contributed by atoms with van der Waals surface area (Å²) in [4.78, 5) is 26.8. The number of benzene rings is 2. The van der Waals surface area contributed by atoms with E-state index in [1.807, 2.05) is 0 Å². The second-order valence-electron chi connectivity index (χ2n) is 6.75. The Labute approximate surface area is 172 Å². The lowest BCUT2D eigenvalue weighted by molar-refractivity contribution is -0.384. The highest BCUT2D eigenvalue weighted by Crippen LogP contribution is 2.35. The molecule has 0 unspecified atom stereocenters. The summed E-state index contributed by atoms with van der Waals surface area (Å²) in [7, 11) is 3.25. The van der Waals surface area contributed by atoms with Crippen LogP contribution in [0.1, 0.15) is 18.5 Å². The molecule has 29 heavy (non-hydrogen) atoms. The maximum atomic E-state index is 13.4. The van der Waals surface area contributed by atoms with Crippen LogP contribution in [0, 0.1) is 15.9 Å². The minimum Gasteiger partial charge on any atom is -0.351 e. The zero-order chi connectivity index (χ0) is 21.3. The molecule has 1 amide bonds. The molecule has 0 fully saturated rings. The number of non-ortho nitro benzene ring substituents is 1. The average Bonchev–Trinajstić information content (AvgIpc) is 2.68. The van der Waals surface area contributed by atoms with Crippen LogP contribution in [0.4, 0.5) is 15.8 Å². The van der Waals surface area contributed by atoms with Gasteiger partial charge in [0, 0.05) is 37.6 Å². The van der Waals surface area contributed by atoms with E-state index in [9.17, 15) is 19.3 Å². The molecule has 2 aromatic carbocycles. The third-order valence-corrected chi connectivity index (χ3v) is 4.92. The second kappa shape index (κ2) is 7.96. The van der Waals surface area contributed by atoms with Gasteiger partial charge in [-0.3, -0.25) is 19.8 Å². The zero-order valence-corrected chi connectivity index (χ0v) is 16.9. The quantitative estimate of drug-likeness (QED) is 0.468. The van der Waals surface area contributed by atoms with Gasteiger partial charge in [-0.25, -0.2) is 4.39 Å². The predicted molar refractivity (Wildman–Crippen MR) is 112 cm³/mol. The van der Waals surface area contributed by atoms with E-state index < -0.39 is 11.0 Å². The summed E-state index contributed by atoms with van der Waals surface area (Å²) in [6, 6.07) is 11.2. The van der Waals surface area contributed by atoms with Crippen molar-refractivity contribution < 1.29 is 14.1 Å². The molecule has 1 heterocycles. The van der Waals surface area contributed by atoms with E-state index in [0.717, 1.165) is 0 Å². The van der Waals surface area contributed by atoms with E-state index in [-0.39, 0.29) is 17.4 Å². The molecular weight excluding hydrogens is 395 g/mol. The first-order chi connectivity index (χ1) is 13.7. The number of amides is 1. The lowest BCUT2D eigenvalue weighted by atomic mass is 9.93. The molecule has 0 saturated carbocycles. The minimum absolute atomic E-state index is 0.0783. The first kappa shape index (κ1) is 20.4. The second-order valence-corrected chi connectivity index (χ2v) is 7.13. The Balaban J connectivity index is 2.16. The molecule has 150 valence electrons. The Morgan fingerprint density at radius 2 is 1.90 bits per heavy atom. The summed E-state index contributed by atoms with van der Waals surface area (Å²) in [5.74, 6) is -0.647. The topological polar surface area (TPSA) is 78.7 Å². The standard InChI is InChI=1S/C20H19FN4O3S/c1-12-17(19(26)23(2)3)18(13-5-4-6-16(11-13)25(27)28)22-20(29)24(12)15-9-7-14(21)8-10-15/h4-11,18H,1-3H3,(H,22,29)/t18-/m1/s1. The van der Waals surface area contributed by atoms with Crippen molar-refractivity contribution in [3.05, 3.63) is 81.3 Å². The molecule has 2 aromatic rings. The van der Waals surface area contributed by atoms with Gasteiger partial charge in [-0.1, -0.05) is 12.1 Å². The summed E-state index contributed by atoms with van der Waals surface area (Å²) in [5.41, 5.74) is 2.03. The summed E-state index contributed by atoms with van der Waals surface area (Å²) in [5, 5.41) is 14.6. The van der Waals surface area contributed by atoms with Gasteiger partial charge in [-0.05, 0) is 49.0 Å². The lowest BCUT2D eigenvalue weighted by Crippen LogP contribution is -2.49. The number of hydrogen-bond acceptors (Lipinski definition) is 4. The highest BCUT2D eigenvalue weighted by Gasteiger charge is 2.35. The predicted octanol–water partition coefficient (Wildman–Crippen LogP) is 3.53. The average molecular weight is 414 g/mol. The maximum absolute atomic E-state index is 13.4. The Kier molecular flexibility index (Phi) is 5.60. The van der Waals surface area contributed by atoms with Gasteiger partial charge in [-0.15, -0.1) is 0 Å². The minimum atomic E-state index is -0.658. The van der Waals surface area contributed by atoms with Crippen LogP contribution in [-0.2, 0) is 4.79 Å². The molecule has 0 spiro atoms. The van der Waals surface area contributed by atoms with Crippen molar-refractivity contribution in [3.63, 3.8) is 0 Å². The SMILES string of the molecule is CC1=C(C(=O)N(C)C)[C@@H](c2cccc([N+](=O)[O-])c2)NC(=S)N1c1ccc(F)cc1. The number of carbonyl (C=O) groups excluding carboxylic acids is 1. The maximum Gasteiger partial charge on any atom is 0.269 e. The monoisotopic (exact) mass is 414 g/mol. The lowest BCUT2D eigenvalue weighted by Gasteiger charge is -2.38. The number of thiocarbonyl (C=S) groups is 1. The number of carbonyl (C=O) groups is 1. The fraction of sp³-hybridized carbons (Fsp3) is 0.200. The van der Waals surface area contributed by atoms with E-state index in [1.165, 1.54) is 29.2 Å². The molecule has 1 aliphatic rings. The summed E-state index contributed by atoms with van der Waals surface area (Å²) < 4.78 is 13.4. The van der Waals surface area contributed by atoms with Crippen LogP contribution in [-0.4, -0.2) is 34.9 Å². The van der Waals surface area contributed by atoms with Crippen LogP contribution < -0.4 is 10.2 Å². The number of rotatable bonds is 4. The van der Waals surface area contributed by atoms with Gasteiger partial charge in [0.15, 0.2) is 5.11 Å². The highest BCUT2D eigenvalue weighted by molar-refractivity contribution is 7.80. The molecular formula is C20H19FN4O3S. The number of nitrogens with zero attached hydrogens (tertiary/aromatic N) is 3. The van der Waals surface area contributed by atoms with Gasteiger partial charge >= 0.3 is 0 Å². The summed E-state index contributed by atoms with van der Waals surface area (Å²) >= 11 is 5.51. The van der Waals surface area contributed by atoms with Crippen molar-refractivity contribution >= 4 is 34.6 Å².